The van der Waals surface area contributed by atoms with E-state index in [0.29, 0.717) is 11.8 Å². The summed E-state index contributed by atoms with van der Waals surface area (Å²) < 4.78 is 0. The maximum Gasteiger partial charge on any atom is 0.0572 e. The molecule has 2 heteroatoms. The Labute approximate surface area is 60.9 Å². The molecule has 0 saturated heterocycles. The van der Waals surface area contributed by atoms with Gasteiger partial charge < -0.3 is 10.2 Å². The smallest absolute Gasteiger partial charge is 0.0572 e. The Bertz CT molecular complexity index is 119. The molecule has 3 unspecified atom stereocenters. The molecule has 2 fully saturated rings. The summed E-state index contributed by atoms with van der Waals surface area (Å²) in [5.74, 6) is 0.852. The lowest BCUT2D eigenvalue weighted by molar-refractivity contribution is 0.0988. The fraction of sp³-hybridized carbons (Fsp3) is 1.00. The lowest BCUT2D eigenvalue weighted by Gasteiger charge is -2.13. The van der Waals surface area contributed by atoms with Crippen LogP contribution in [-0.4, -0.2) is 22.4 Å². The van der Waals surface area contributed by atoms with Crippen molar-refractivity contribution in [1.29, 1.82) is 0 Å². The zero-order valence-electron chi connectivity index (χ0n) is 6.03. The highest BCUT2D eigenvalue weighted by atomic mass is 16.3. The van der Waals surface area contributed by atoms with Gasteiger partial charge in [-0.3, -0.25) is 0 Å². The predicted molar refractivity (Wildman–Crippen MR) is 37.5 cm³/mol. The topological polar surface area (TPSA) is 40.5 Å². The summed E-state index contributed by atoms with van der Waals surface area (Å²) >= 11 is 0. The van der Waals surface area contributed by atoms with Gasteiger partial charge in [0.25, 0.3) is 0 Å². The molecule has 0 bridgehead atoms. The summed E-state index contributed by atoms with van der Waals surface area (Å²) in [7, 11) is 0. The summed E-state index contributed by atoms with van der Waals surface area (Å²) in [6.45, 7) is 0. The second-order valence-electron chi connectivity index (χ2n) is 3.62. The van der Waals surface area contributed by atoms with Crippen molar-refractivity contribution in [2.24, 2.45) is 11.8 Å². The highest BCUT2D eigenvalue weighted by Gasteiger charge is 2.43. The van der Waals surface area contributed by atoms with E-state index in [-0.39, 0.29) is 12.2 Å². The highest BCUT2D eigenvalue weighted by molar-refractivity contribution is 4.93. The summed E-state index contributed by atoms with van der Waals surface area (Å²) in [5, 5.41) is 18.8. The second kappa shape index (κ2) is 2.21. The van der Waals surface area contributed by atoms with Crippen LogP contribution in [0, 0.1) is 11.8 Å². The van der Waals surface area contributed by atoms with Crippen molar-refractivity contribution in [2.75, 3.05) is 0 Å². The molecule has 0 aliphatic heterocycles. The molecule has 2 rings (SSSR count). The maximum atomic E-state index is 9.41. The summed E-state index contributed by atoms with van der Waals surface area (Å²) in [5.41, 5.74) is 0. The molecule has 0 spiro atoms. The van der Waals surface area contributed by atoms with Gasteiger partial charge in [0, 0.05) is 0 Å². The van der Waals surface area contributed by atoms with Crippen LogP contribution < -0.4 is 0 Å². The standard InChI is InChI=1S/C8H14O2/c9-7-3-1-5-6(7)2-4-8(5)10/h5-10H,1-4H2/t5-,6?,7?,8?/m0/s1. The van der Waals surface area contributed by atoms with Gasteiger partial charge >= 0.3 is 0 Å². The van der Waals surface area contributed by atoms with Crippen LogP contribution in [0.4, 0.5) is 0 Å². The van der Waals surface area contributed by atoms with Crippen LogP contribution >= 0.6 is 0 Å². The van der Waals surface area contributed by atoms with Crippen LogP contribution in [0.2, 0.25) is 0 Å². The summed E-state index contributed by atoms with van der Waals surface area (Å²) in [6, 6.07) is 0. The van der Waals surface area contributed by atoms with Gasteiger partial charge in [-0.15, -0.1) is 0 Å². The van der Waals surface area contributed by atoms with Gasteiger partial charge in [0.05, 0.1) is 12.2 Å². The van der Waals surface area contributed by atoms with Crippen LogP contribution in [0.1, 0.15) is 25.7 Å². The van der Waals surface area contributed by atoms with E-state index in [0.717, 1.165) is 25.7 Å². The van der Waals surface area contributed by atoms with Crippen LogP contribution in [0.5, 0.6) is 0 Å². The van der Waals surface area contributed by atoms with E-state index < -0.39 is 0 Å². The fourth-order valence-electron chi connectivity index (χ4n) is 2.54. The van der Waals surface area contributed by atoms with Gasteiger partial charge in [-0.1, -0.05) is 0 Å². The lowest BCUT2D eigenvalue weighted by Crippen LogP contribution is -2.18. The monoisotopic (exact) mass is 142 g/mol. The summed E-state index contributed by atoms with van der Waals surface area (Å²) in [4.78, 5) is 0. The number of rotatable bonds is 0. The normalized spacial score (nSPS) is 53.4. The molecule has 2 N–H and O–H groups in total. The molecule has 58 valence electrons. The zero-order valence-corrected chi connectivity index (χ0v) is 6.03. The highest BCUT2D eigenvalue weighted by Crippen LogP contribution is 2.43. The Balaban J connectivity index is 2.09. The van der Waals surface area contributed by atoms with Crippen molar-refractivity contribution in [2.45, 2.75) is 37.9 Å². The third kappa shape index (κ3) is 0.789. The average Bonchev–Trinajstić information content (AvgIpc) is 2.41. The van der Waals surface area contributed by atoms with Crippen molar-refractivity contribution in [3.8, 4) is 0 Å². The number of hydrogen-bond acceptors (Lipinski definition) is 2. The van der Waals surface area contributed by atoms with Crippen molar-refractivity contribution < 1.29 is 10.2 Å². The van der Waals surface area contributed by atoms with Crippen LogP contribution in [0.15, 0.2) is 0 Å². The van der Waals surface area contributed by atoms with E-state index in [1.807, 2.05) is 0 Å². The predicted octanol–water partition coefficient (Wildman–Crippen LogP) is 0.528. The first-order chi connectivity index (χ1) is 4.79. The van der Waals surface area contributed by atoms with E-state index >= 15 is 0 Å². The number of aliphatic hydroxyl groups is 2. The van der Waals surface area contributed by atoms with Crippen molar-refractivity contribution >= 4 is 0 Å². The third-order valence-corrected chi connectivity index (χ3v) is 3.13. The average molecular weight is 142 g/mol. The molecule has 0 aromatic rings. The second-order valence-corrected chi connectivity index (χ2v) is 3.62. The summed E-state index contributed by atoms with van der Waals surface area (Å²) in [6.07, 6.45) is 3.67. The quantitative estimate of drug-likeness (QED) is 0.518. The minimum atomic E-state index is -0.109. The fourth-order valence-corrected chi connectivity index (χ4v) is 2.54. The molecule has 0 amide bonds. The van der Waals surface area contributed by atoms with Gasteiger partial charge in [0.15, 0.2) is 0 Å². The minimum Gasteiger partial charge on any atom is -0.393 e. The SMILES string of the molecule is OC1CC[C@@H]2C(O)CCC12. The molecule has 2 nitrogen and oxygen atoms in total. The first kappa shape index (κ1) is 6.62. The Morgan fingerprint density at radius 1 is 0.700 bits per heavy atom. The molecule has 4 atom stereocenters. The van der Waals surface area contributed by atoms with Gasteiger partial charge in [-0.2, -0.15) is 0 Å². The van der Waals surface area contributed by atoms with E-state index in [2.05, 4.69) is 0 Å². The van der Waals surface area contributed by atoms with Crippen molar-refractivity contribution in [3.63, 3.8) is 0 Å². The third-order valence-electron chi connectivity index (χ3n) is 3.13. The van der Waals surface area contributed by atoms with E-state index in [1.54, 1.807) is 0 Å². The minimum absolute atomic E-state index is 0.109. The first-order valence-electron chi connectivity index (χ1n) is 4.15. The Kier molecular flexibility index (Phi) is 1.46. The van der Waals surface area contributed by atoms with E-state index in [1.165, 1.54) is 0 Å². The van der Waals surface area contributed by atoms with Gasteiger partial charge in [-0.05, 0) is 37.5 Å². The van der Waals surface area contributed by atoms with Gasteiger partial charge in [0.2, 0.25) is 0 Å². The van der Waals surface area contributed by atoms with Gasteiger partial charge in [0.1, 0.15) is 0 Å². The molecule has 2 aliphatic carbocycles. The van der Waals surface area contributed by atoms with Crippen LogP contribution in [0.3, 0.4) is 0 Å². The van der Waals surface area contributed by atoms with Gasteiger partial charge in [-0.25, -0.2) is 0 Å². The molecule has 2 saturated carbocycles. The zero-order chi connectivity index (χ0) is 7.14. The molecule has 0 aromatic carbocycles. The van der Waals surface area contributed by atoms with Crippen LogP contribution in [0.25, 0.3) is 0 Å². The molecular weight excluding hydrogens is 128 g/mol. The van der Waals surface area contributed by atoms with Crippen LogP contribution in [-0.2, 0) is 0 Å². The maximum absolute atomic E-state index is 9.41. The van der Waals surface area contributed by atoms with Crippen molar-refractivity contribution in [3.05, 3.63) is 0 Å². The number of aliphatic hydroxyl groups excluding tert-OH is 2. The largest absolute Gasteiger partial charge is 0.393 e. The molecule has 10 heavy (non-hydrogen) atoms. The first-order valence-corrected chi connectivity index (χ1v) is 4.15. The number of fused-ring (bicyclic) bond motifs is 1. The molecule has 0 aromatic heterocycles. The Morgan fingerprint density at radius 3 is 1.50 bits per heavy atom. The Hall–Kier alpha value is -0.0800. The molecular formula is C8H14O2. The Morgan fingerprint density at radius 2 is 1.10 bits per heavy atom. The molecule has 0 heterocycles. The number of hydrogen-bond donors (Lipinski definition) is 2. The lowest BCUT2D eigenvalue weighted by atomic mass is 9.98. The van der Waals surface area contributed by atoms with E-state index in [4.69, 9.17) is 0 Å². The molecule has 0 radical (unpaired) electrons. The van der Waals surface area contributed by atoms with E-state index in [9.17, 15) is 10.2 Å². The molecule has 2 aliphatic rings. The van der Waals surface area contributed by atoms with Crippen molar-refractivity contribution in [1.82, 2.24) is 0 Å².